The maximum Gasteiger partial charge on any atom is 0.325 e. The summed E-state index contributed by atoms with van der Waals surface area (Å²) in [5.41, 5.74) is 6.63. The van der Waals surface area contributed by atoms with E-state index in [1.54, 1.807) is 12.1 Å². The van der Waals surface area contributed by atoms with Crippen LogP contribution in [0.3, 0.4) is 0 Å². The summed E-state index contributed by atoms with van der Waals surface area (Å²) in [6, 6.07) is 2.24. The average Bonchev–Trinajstić information content (AvgIpc) is 2.49. The number of halogens is 1. The first kappa shape index (κ1) is 12.2. The lowest BCUT2D eigenvalue weighted by atomic mass is 9.98. The van der Waals surface area contributed by atoms with E-state index in [9.17, 15) is 4.79 Å². The Morgan fingerprint density at radius 3 is 2.82 bits per heavy atom. The molecule has 1 aliphatic heterocycles. The Labute approximate surface area is 104 Å². The number of fused-ring (bicyclic) bond motifs is 1. The number of carboxylic acid groups (broad SMARTS) is 1. The van der Waals surface area contributed by atoms with Crippen LogP contribution in [0.15, 0.2) is 12.1 Å². The lowest BCUT2D eigenvalue weighted by Crippen LogP contribution is -2.26. The molecule has 0 bridgehead atoms. The molecule has 2 rings (SSSR count). The first-order chi connectivity index (χ1) is 7.80. The molecule has 0 radical (unpaired) electrons. The van der Waals surface area contributed by atoms with Gasteiger partial charge < -0.3 is 15.6 Å². The van der Waals surface area contributed by atoms with Gasteiger partial charge >= 0.3 is 5.97 Å². The first-order valence-electron chi connectivity index (χ1n) is 5.30. The third-order valence-corrected chi connectivity index (χ3v) is 2.97. The number of hydrogen-bond donors (Lipinski definition) is 2. The molecule has 17 heavy (non-hydrogen) atoms. The summed E-state index contributed by atoms with van der Waals surface area (Å²) in [5, 5.41) is 9.45. The minimum Gasteiger partial charge on any atom is -0.487 e. The van der Waals surface area contributed by atoms with Gasteiger partial charge in [0.05, 0.1) is 0 Å². The zero-order valence-corrected chi connectivity index (χ0v) is 10.4. The molecule has 0 saturated carbocycles. The van der Waals surface area contributed by atoms with Gasteiger partial charge in [-0.1, -0.05) is 11.6 Å². The van der Waals surface area contributed by atoms with Crippen LogP contribution in [0.25, 0.3) is 0 Å². The largest absolute Gasteiger partial charge is 0.487 e. The topological polar surface area (TPSA) is 72.6 Å². The standard InChI is InChI=1S/C12H14ClNO3/c1-12(2)5-6-3-7(13)4-8(10(6)17-12)9(14)11(15)16/h3-4,9H,5,14H2,1-2H3,(H,15,16). The lowest BCUT2D eigenvalue weighted by molar-refractivity contribution is -0.138. The fourth-order valence-electron chi connectivity index (χ4n) is 2.06. The predicted octanol–water partition coefficient (Wildman–Crippen LogP) is 2.14. The molecule has 1 heterocycles. The maximum absolute atomic E-state index is 10.9. The third-order valence-electron chi connectivity index (χ3n) is 2.75. The third kappa shape index (κ3) is 2.23. The quantitative estimate of drug-likeness (QED) is 0.849. The molecule has 0 amide bonds. The predicted molar refractivity (Wildman–Crippen MR) is 64.4 cm³/mol. The minimum absolute atomic E-state index is 0.347. The summed E-state index contributed by atoms with van der Waals surface area (Å²) >= 11 is 5.97. The fraction of sp³-hybridized carbons (Fsp3) is 0.417. The lowest BCUT2D eigenvalue weighted by Gasteiger charge is -2.19. The smallest absolute Gasteiger partial charge is 0.325 e. The van der Waals surface area contributed by atoms with Crippen LogP contribution in [-0.4, -0.2) is 16.7 Å². The summed E-state index contributed by atoms with van der Waals surface area (Å²) in [6.45, 7) is 3.88. The van der Waals surface area contributed by atoms with E-state index in [1.807, 2.05) is 13.8 Å². The number of carbonyl (C=O) groups is 1. The van der Waals surface area contributed by atoms with Gasteiger partial charge in [0.1, 0.15) is 17.4 Å². The van der Waals surface area contributed by atoms with Crippen LogP contribution < -0.4 is 10.5 Å². The summed E-state index contributed by atoms with van der Waals surface area (Å²) in [5.74, 6) is -0.530. The van der Waals surface area contributed by atoms with Crippen LogP contribution in [0.5, 0.6) is 5.75 Å². The summed E-state index contributed by atoms with van der Waals surface area (Å²) < 4.78 is 5.75. The molecule has 0 aliphatic carbocycles. The molecule has 1 unspecified atom stereocenters. The second-order valence-corrected chi connectivity index (χ2v) is 5.27. The molecular formula is C12H14ClNO3. The molecular weight excluding hydrogens is 242 g/mol. The molecule has 3 N–H and O–H groups in total. The van der Waals surface area contributed by atoms with Gasteiger partial charge in [-0.3, -0.25) is 4.79 Å². The second kappa shape index (κ2) is 3.89. The van der Waals surface area contributed by atoms with Crippen molar-refractivity contribution in [3.05, 3.63) is 28.3 Å². The van der Waals surface area contributed by atoms with Gasteiger partial charge in [-0.15, -0.1) is 0 Å². The van der Waals surface area contributed by atoms with Crippen LogP contribution in [0.1, 0.15) is 31.0 Å². The van der Waals surface area contributed by atoms with Crippen molar-refractivity contribution in [3.63, 3.8) is 0 Å². The Bertz CT molecular complexity index is 485. The number of rotatable bonds is 2. The highest BCUT2D eigenvalue weighted by Crippen LogP contribution is 2.41. The van der Waals surface area contributed by atoms with Crippen molar-refractivity contribution >= 4 is 17.6 Å². The van der Waals surface area contributed by atoms with Crippen LogP contribution in [0.2, 0.25) is 5.02 Å². The highest BCUT2D eigenvalue weighted by atomic mass is 35.5. The van der Waals surface area contributed by atoms with Crippen molar-refractivity contribution in [2.24, 2.45) is 5.73 Å². The van der Waals surface area contributed by atoms with E-state index in [-0.39, 0.29) is 5.60 Å². The molecule has 92 valence electrons. The van der Waals surface area contributed by atoms with Gasteiger partial charge in [0, 0.05) is 17.0 Å². The molecule has 5 heteroatoms. The SMILES string of the molecule is CC1(C)Cc2cc(Cl)cc(C(N)C(=O)O)c2O1. The molecule has 0 spiro atoms. The number of nitrogens with two attached hydrogens (primary N) is 1. The summed E-state index contributed by atoms with van der Waals surface area (Å²) in [4.78, 5) is 10.9. The van der Waals surface area contributed by atoms with Crippen LogP contribution in [0, 0.1) is 0 Å². The number of carboxylic acids is 1. The van der Waals surface area contributed by atoms with Gasteiger partial charge in [-0.05, 0) is 31.5 Å². The van der Waals surface area contributed by atoms with Crippen molar-refractivity contribution in [3.8, 4) is 5.75 Å². The Balaban J connectivity index is 2.52. The van der Waals surface area contributed by atoms with Crippen molar-refractivity contribution in [1.82, 2.24) is 0 Å². The monoisotopic (exact) mass is 255 g/mol. The average molecular weight is 256 g/mol. The first-order valence-corrected chi connectivity index (χ1v) is 5.68. The minimum atomic E-state index is -1.11. The normalized spacial score (nSPS) is 18.4. The second-order valence-electron chi connectivity index (χ2n) is 4.84. The molecule has 1 atom stereocenters. The summed E-state index contributed by atoms with van der Waals surface area (Å²) in [7, 11) is 0. The number of ether oxygens (including phenoxy) is 1. The number of aliphatic carboxylic acids is 1. The highest BCUT2D eigenvalue weighted by molar-refractivity contribution is 6.30. The van der Waals surface area contributed by atoms with E-state index in [4.69, 9.17) is 27.2 Å². The fourth-order valence-corrected chi connectivity index (χ4v) is 2.31. The van der Waals surface area contributed by atoms with E-state index in [1.165, 1.54) is 0 Å². The molecule has 0 fully saturated rings. The van der Waals surface area contributed by atoms with Gasteiger partial charge in [-0.2, -0.15) is 0 Å². The van der Waals surface area contributed by atoms with Crippen molar-refractivity contribution in [2.45, 2.75) is 31.9 Å². The number of hydrogen-bond acceptors (Lipinski definition) is 3. The molecule has 4 nitrogen and oxygen atoms in total. The van der Waals surface area contributed by atoms with E-state index in [0.29, 0.717) is 22.8 Å². The highest BCUT2D eigenvalue weighted by Gasteiger charge is 2.34. The van der Waals surface area contributed by atoms with E-state index in [2.05, 4.69) is 0 Å². The Hall–Kier alpha value is -1.26. The summed E-state index contributed by atoms with van der Waals surface area (Å²) in [6.07, 6.45) is 0.697. The van der Waals surface area contributed by atoms with Crippen molar-refractivity contribution < 1.29 is 14.6 Å². The van der Waals surface area contributed by atoms with Crippen molar-refractivity contribution in [1.29, 1.82) is 0 Å². The van der Waals surface area contributed by atoms with Crippen molar-refractivity contribution in [2.75, 3.05) is 0 Å². The van der Waals surface area contributed by atoms with Crippen LogP contribution >= 0.6 is 11.6 Å². The van der Waals surface area contributed by atoms with E-state index >= 15 is 0 Å². The molecule has 0 saturated heterocycles. The van der Waals surface area contributed by atoms with Crippen LogP contribution in [-0.2, 0) is 11.2 Å². The Kier molecular flexibility index (Phi) is 2.79. The zero-order chi connectivity index (χ0) is 12.8. The van der Waals surface area contributed by atoms with Gasteiger partial charge in [-0.25, -0.2) is 0 Å². The number of benzene rings is 1. The zero-order valence-electron chi connectivity index (χ0n) is 9.66. The van der Waals surface area contributed by atoms with E-state index in [0.717, 1.165) is 5.56 Å². The molecule has 1 aromatic rings. The molecule has 1 aliphatic rings. The van der Waals surface area contributed by atoms with Gasteiger partial charge in [0.2, 0.25) is 0 Å². The molecule has 1 aromatic carbocycles. The van der Waals surface area contributed by atoms with Gasteiger partial charge in [0.15, 0.2) is 0 Å². The van der Waals surface area contributed by atoms with E-state index < -0.39 is 12.0 Å². The van der Waals surface area contributed by atoms with Crippen LogP contribution in [0.4, 0.5) is 0 Å². The molecule has 0 aromatic heterocycles. The maximum atomic E-state index is 10.9. The van der Waals surface area contributed by atoms with Gasteiger partial charge in [0.25, 0.3) is 0 Å². The Morgan fingerprint density at radius 1 is 1.59 bits per heavy atom. The Morgan fingerprint density at radius 2 is 2.24 bits per heavy atom.